The number of rotatable bonds is 8. The lowest BCUT2D eigenvalue weighted by atomic mass is 9.91. The molecule has 0 spiro atoms. The third kappa shape index (κ3) is 6.44. The fourth-order valence-corrected chi connectivity index (χ4v) is 10.00. The van der Waals surface area contributed by atoms with Gasteiger partial charge in [-0.1, -0.05) is 200 Å². The third-order valence-electron chi connectivity index (χ3n) is 11.7. The minimum atomic E-state index is 1.10. The average Bonchev–Trinajstić information content (AvgIpc) is 3.72. The van der Waals surface area contributed by atoms with Crippen molar-refractivity contribution in [1.29, 1.82) is 0 Å². The molecule has 0 saturated heterocycles. The minimum absolute atomic E-state index is 1.10. The van der Waals surface area contributed by atoms with E-state index in [1.807, 2.05) is 11.3 Å². The van der Waals surface area contributed by atoms with E-state index in [9.17, 15) is 0 Å². The van der Waals surface area contributed by atoms with E-state index >= 15 is 0 Å². The van der Waals surface area contributed by atoms with Gasteiger partial charge in [0.2, 0.25) is 0 Å². The molecule has 1 nitrogen and oxygen atoms in total. The number of hydrogen-bond acceptors (Lipinski definition) is 2. The van der Waals surface area contributed by atoms with E-state index in [0.29, 0.717) is 0 Å². The Hall–Kier alpha value is -7.52. The monoisotopic (exact) mass is 781 g/mol. The second-order valence-corrected chi connectivity index (χ2v) is 16.3. The van der Waals surface area contributed by atoms with Gasteiger partial charge in [-0.3, -0.25) is 0 Å². The van der Waals surface area contributed by atoms with Crippen molar-refractivity contribution in [3.63, 3.8) is 0 Å². The van der Waals surface area contributed by atoms with Gasteiger partial charge in [0, 0.05) is 26.7 Å². The molecule has 0 saturated carbocycles. The predicted molar refractivity (Wildman–Crippen MR) is 259 cm³/mol. The van der Waals surface area contributed by atoms with E-state index in [0.717, 1.165) is 17.1 Å². The van der Waals surface area contributed by atoms with Crippen molar-refractivity contribution in [3.8, 4) is 55.6 Å². The second-order valence-electron chi connectivity index (χ2n) is 15.3. The Morgan fingerprint density at radius 3 is 1.58 bits per heavy atom. The van der Waals surface area contributed by atoms with Gasteiger partial charge in [0.05, 0.1) is 16.1 Å². The van der Waals surface area contributed by atoms with Gasteiger partial charge < -0.3 is 4.90 Å². The zero-order valence-electron chi connectivity index (χ0n) is 32.9. The van der Waals surface area contributed by atoms with E-state index in [-0.39, 0.29) is 0 Å². The predicted octanol–water partition coefficient (Wildman–Crippen LogP) is 17.0. The molecular weight excluding hydrogens is 743 g/mol. The Labute approximate surface area is 354 Å². The summed E-state index contributed by atoms with van der Waals surface area (Å²) in [6.45, 7) is 0. The standard InChI is InChI=1S/C58H39NS/c1-4-16-41(17-5-1)50-36-32-45(38-54(50)44-20-8-3-9-21-44)40-30-34-47(35-31-40)59(55-28-15-27-53-52-25-12-13-29-57(52)60-58(53)55)56-39-46(33-37-51(56)43-18-6-2-7-19-43)49-26-14-23-42-22-10-11-24-48(42)49/h1-39H. The number of anilines is 3. The first-order valence-corrected chi connectivity index (χ1v) is 21.3. The van der Waals surface area contributed by atoms with Gasteiger partial charge in [-0.25, -0.2) is 0 Å². The molecule has 0 bridgehead atoms. The summed E-state index contributed by atoms with van der Waals surface area (Å²) < 4.78 is 2.55. The minimum Gasteiger partial charge on any atom is -0.308 e. The number of thiophene rings is 1. The summed E-state index contributed by atoms with van der Waals surface area (Å²) in [5, 5.41) is 5.04. The summed E-state index contributed by atoms with van der Waals surface area (Å²) in [7, 11) is 0. The Balaban J connectivity index is 1.12. The first-order valence-electron chi connectivity index (χ1n) is 20.5. The van der Waals surface area contributed by atoms with Crippen molar-refractivity contribution in [2.24, 2.45) is 0 Å². The van der Waals surface area contributed by atoms with Crippen LogP contribution in [0.15, 0.2) is 237 Å². The number of fused-ring (bicyclic) bond motifs is 4. The topological polar surface area (TPSA) is 3.24 Å². The summed E-state index contributed by atoms with van der Waals surface area (Å²) in [6.07, 6.45) is 0. The molecule has 0 aliphatic carbocycles. The Kier molecular flexibility index (Phi) is 9.11. The van der Waals surface area contributed by atoms with Crippen molar-refractivity contribution in [2.45, 2.75) is 0 Å². The number of nitrogens with zero attached hydrogens (tertiary/aromatic N) is 1. The Bertz CT molecular complexity index is 3290. The van der Waals surface area contributed by atoms with Gasteiger partial charge in [-0.15, -0.1) is 11.3 Å². The van der Waals surface area contributed by atoms with Crippen molar-refractivity contribution >= 4 is 59.3 Å². The largest absolute Gasteiger partial charge is 0.308 e. The first-order chi connectivity index (χ1) is 29.8. The van der Waals surface area contributed by atoms with Gasteiger partial charge in [0.1, 0.15) is 0 Å². The second kappa shape index (κ2) is 15.3. The maximum atomic E-state index is 2.49. The fourth-order valence-electron chi connectivity index (χ4n) is 8.79. The lowest BCUT2D eigenvalue weighted by Gasteiger charge is -2.29. The summed E-state index contributed by atoms with van der Waals surface area (Å²) in [6, 6.07) is 86.2. The number of hydrogen-bond donors (Lipinski definition) is 0. The molecule has 11 rings (SSSR count). The van der Waals surface area contributed by atoms with Crippen LogP contribution < -0.4 is 4.90 Å². The highest BCUT2D eigenvalue weighted by Crippen LogP contribution is 2.49. The normalized spacial score (nSPS) is 11.3. The summed E-state index contributed by atoms with van der Waals surface area (Å²) in [5.74, 6) is 0. The molecule has 0 aliphatic heterocycles. The van der Waals surface area contributed by atoms with Gasteiger partial charge in [0.15, 0.2) is 0 Å². The average molecular weight is 782 g/mol. The molecule has 10 aromatic carbocycles. The number of benzene rings is 10. The van der Waals surface area contributed by atoms with Crippen LogP contribution in [0.5, 0.6) is 0 Å². The maximum Gasteiger partial charge on any atom is 0.0640 e. The van der Waals surface area contributed by atoms with Crippen LogP contribution in [0.4, 0.5) is 17.1 Å². The van der Waals surface area contributed by atoms with Crippen molar-refractivity contribution in [1.82, 2.24) is 0 Å². The summed E-state index contributed by atoms with van der Waals surface area (Å²) in [5.41, 5.74) is 15.3. The highest BCUT2D eigenvalue weighted by molar-refractivity contribution is 7.26. The van der Waals surface area contributed by atoms with E-state index in [2.05, 4.69) is 241 Å². The molecule has 282 valence electrons. The molecule has 0 atom stereocenters. The molecule has 2 heteroatoms. The van der Waals surface area contributed by atoms with Crippen LogP contribution in [-0.4, -0.2) is 0 Å². The van der Waals surface area contributed by atoms with Crippen LogP contribution in [0.1, 0.15) is 0 Å². The van der Waals surface area contributed by atoms with E-state index in [1.54, 1.807) is 0 Å². The van der Waals surface area contributed by atoms with Gasteiger partial charge in [-0.05, 0) is 97.2 Å². The Morgan fingerprint density at radius 1 is 0.283 bits per heavy atom. The van der Waals surface area contributed by atoms with Crippen molar-refractivity contribution in [2.75, 3.05) is 4.90 Å². The molecule has 0 fully saturated rings. The summed E-state index contributed by atoms with van der Waals surface area (Å²) in [4.78, 5) is 2.49. The quantitative estimate of drug-likeness (QED) is 0.148. The van der Waals surface area contributed by atoms with Crippen LogP contribution >= 0.6 is 11.3 Å². The summed E-state index contributed by atoms with van der Waals surface area (Å²) >= 11 is 1.87. The first kappa shape index (κ1) is 35.6. The molecular formula is C58H39NS. The van der Waals surface area contributed by atoms with Crippen LogP contribution in [0.2, 0.25) is 0 Å². The van der Waals surface area contributed by atoms with Crippen molar-refractivity contribution in [3.05, 3.63) is 237 Å². The van der Waals surface area contributed by atoms with Crippen LogP contribution in [0.25, 0.3) is 86.6 Å². The van der Waals surface area contributed by atoms with E-state index < -0.39 is 0 Å². The molecule has 11 aromatic rings. The molecule has 0 unspecified atom stereocenters. The van der Waals surface area contributed by atoms with Crippen LogP contribution in [-0.2, 0) is 0 Å². The fraction of sp³-hybridized carbons (Fsp3) is 0. The highest BCUT2D eigenvalue weighted by Gasteiger charge is 2.22. The van der Waals surface area contributed by atoms with Crippen LogP contribution in [0, 0.1) is 0 Å². The van der Waals surface area contributed by atoms with Gasteiger partial charge in [0.25, 0.3) is 0 Å². The molecule has 60 heavy (non-hydrogen) atoms. The molecule has 0 radical (unpaired) electrons. The highest BCUT2D eigenvalue weighted by atomic mass is 32.1. The Morgan fingerprint density at radius 2 is 0.833 bits per heavy atom. The van der Waals surface area contributed by atoms with Gasteiger partial charge >= 0.3 is 0 Å². The van der Waals surface area contributed by atoms with E-state index in [1.165, 1.54) is 86.6 Å². The molecule has 0 N–H and O–H groups in total. The lowest BCUT2D eigenvalue weighted by Crippen LogP contribution is -2.11. The SMILES string of the molecule is c1ccc(-c2ccc(-c3ccc(N(c4cc(-c5cccc6ccccc56)ccc4-c4ccccc4)c4cccc5c4sc4ccccc45)cc3)cc2-c2ccccc2)cc1. The molecule has 0 aliphatic rings. The smallest absolute Gasteiger partial charge is 0.0640 e. The van der Waals surface area contributed by atoms with Crippen LogP contribution in [0.3, 0.4) is 0 Å². The van der Waals surface area contributed by atoms with E-state index in [4.69, 9.17) is 0 Å². The zero-order valence-corrected chi connectivity index (χ0v) is 33.7. The third-order valence-corrected chi connectivity index (χ3v) is 12.9. The zero-order chi connectivity index (χ0) is 39.8. The van der Waals surface area contributed by atoms with Gasteiger partial charge in [-0.2, -0.15) is 0 Å². The lowest BCUT2D eigenvalue weighted by molar-refractivity contribution is 1.30. The maximum absolute atomic E-state index is 2.49. The molecule has 1 aromatic heterocycles. The van der Waals surface area contributed by atoms with Crippen molar-refractivity contribution < 1.29 is 0 Å². The molecule has 1 heterocycles. The molecule has 0 amide bonds.